The molecule has 0 spiro atoms. The maximum absolute atomic E-state index is 11.2. The van der Waals surface area contributed by atoms with Crippen molar-refractivity contribution >= 4 is 11.6 Å². The van der Waals surface area contributed by atoms with E-state index in [1.807, 2.05) is 0 Å². The van der Waals surface area contributed by atoms with Gasteiger partial charge in [0.25, 0.3) is 11.6 Å². The van der Waals surface area contributed by atoms with Gasteiger partial charge in [0.1, 0.15) is 17.9 Å². The van der Waals surface area contributed by atoms with Crippen LogP contribution in [0.5, 0.6) is 5.88 Å². The Bertz CT molecular complexity index is 485. The quantitative estimate of drug-likeness (QED) is 0.567. The van der Waals surface area contributed by atoms with E-state index in [0.29, 0.717) is 6.54 Å². The van der Waals surface area contributed by atoms with Gasteiger partial charge >= 0.3 is 0 Å². The highest BCUT2D eigenvalue weighted by molar-refractivity contribution is 5.95. The highest BCUT2D eigenvalue weighted by Gasteiger charge is 2.22. The van der Waals surface area contributed by atoms with Crippen LogP contribution in [0.3, 0.4) is 0 Å². The molecule has 0 radical (unpaired) electrons. The van der Waals surface area contributed by atoms with Crippen LogP contribution in [0.1, 0.15) is 16.8 Å². The molecule has 1 unspecified atom stereocenters. The smallest absolute Gasteiger partial charge is 0.288 e. The third-order valence-electron chi connectivity index (χ3n) is 2.61. The lowest BCUT2D eigenvalue weighted by molar-refractivity contribution is -0.385. The molecule has 18 heavy (non-hydrogen) atoms. The molecule has 1 aliphatic heterocycles. The normalized spacial score (nSPS) is 18.6. The van der Waals surface area contributed by atoms with Gasteiger partial charge in [-0.25, -0.2) is 4.98 Å². The van der Waals surface area contributed by atoms with Crippen molar-refractivity contribution in [1.29, 1.82) is 0 Å². The number of aromatic nitrogens is 1. The molecular formula is C10H12N4O4. The number of carbonyl (C=O) groups excluding carboxylic acids is 1. The Hall–Kier alpha value is -2.22. The number of hydrogen-bond donors (Lipinski definition) is 2. The highest BCUT2D eigenvalue weighted by Crippen LogP contribution is 2.22. The molecular weight excluding hydrogens is 240 g/mol. The van der Waals surface area contributed by atoms with Crippen LogP contribution in [0.15, 0.2) is 12.3 Å². The maximum Gasteiger partial charge on any atom is 0.288 e. The van der Waals surface area contributed by atoms with Gasteiger partial charge in [0.2, 0.25) is 5.88 Å². The molecule has 0 saturated carbocycles. The molecule has 1 saturated heterocycles. The van der Waals surface area contributed by atoms with Gasteiger partial charge in [-0.05, 0) is 13.0 Å². The van der Waals surface area contributed by atoms with Crippen LogP contribution in [0.4, 0.5) is 5.69 Å². The number of carbonyl (C=O) groups is 1. The zero-order chi connectivity index (χ0) is 13.1. The van der Waals surface area contributed by atoms with Gasteiger partial charge in [-0.1, -0.05) is 0 Å². The van der Waals surface area contributed by atoms with Crippen molar-refractivity contribution in [3.8, 4) is 5.88 Å². The molecule has 2 heterocycles. The second kappa shape index (κ2) is 4.96. The van der Waals surface area contributed by atoms with Crippen molar-refractivity contribution < 1.29 is 14.5 Å². The average Bonchev–Trinajstić information content (AvgIpc) is 2.81. The fourth-order valence-corrected chi connectivity index (χ4v) is 1.70. The fourth-order valence-electron chi connectivity index (χ4n) is 1.70. The number of hydrogen-bond acceptors (Lipinski definition) is 6. The molecule has 0 bridgehead atoms. The van der Waals surface area contributed by atoms with E-state index in [0.717, 1.165) is 25.2 Å². The topological polar surface area (TPSA) is 120 Å². The van der Waals surface area contributed by atoms with Crippen LogP contribution in [-0.2, 0) is 0 Å². The molecule has 1 fully saturated rings. The lowest BCUT2D eigenvalue weighted by atomic mass is 10.2. The molecule has 8 nitrogen and oxygen atoms in total. The zero-order valence-electron chi connectivity index (χ0n) is 9.46. The lowest BCUT2D eigenvalue weighted by Gasteiger charge is -2.13. The molecule has 3 N–H and O–H groups in total. The first-order valence-electron chi connectivity index (χ1n) is 5.39. The number of nitro groups is 1. The van der Waals surface area contributed by atoms with Crippen LogP contribution in [0, 0.1) is 10.1 Å². The number of rotatable bonds is 4. The number of nitrogens with one attached hydrogen (secondary N) is 1. The number of nitrogens with two attached hydrogens (primary N) is 1. The largest absolute Gasteiger partial charge is 0.472 e. The molecule has 2 rings (SSSR count). The van der Waals surface area contributed by atoms with Crippen LogP contribution >= 0.6 is 0 Å². The Kier molecular flexibility index (Phi) is 3.38. The number of primary amides is 1. The number of ether oxygens (including phenoxy) is 1. The summed E-state index contributed by atoms with van der Waals surface area (Å²) >= 11 is 0. The van der Waals surface area contributed by atoms with Crippen molar-refractivity contribution in [1.82, 2.24) is 10.3 Å². The van der Waals surface area contributed by atoms with E-state index in [-0.39, 0.29) is 23.2 Å². The van der Waals surface area contributed by atoms with Crippen molar-refractivity contribution in [3.05, 3.63) is 27.9 Å². The Balaban J connectivity index is 2.28. The summed E-state index contributed by atoms with van der Waals surface area (Å²) in [6, 6.07) is 1.08. The average molecular weight is 252 g/mol. The summed E-state index contributed by atoms with van der Waals surface area (Å²) in [7, 11) is 0. The van der Waals surface area contributed by atoms with Crippen molar-refractivity contribution in [2.75, 3.05) is 13.1 Å². The maximum atomic E-state index is 11.2. The van der Waals surface area contributed by atoms with Gasteiger partial charge < -0.3 is 15.8 Å². The number of pyridine rings is 1. The minimum atomic E-state index is -0.799. The first-order valence-corrected chi connectivity index (χ1v) is 5.39. The van der Waals surface area contributed by atoms with E-state index in [4.69, 9.17) is 10.5 Å². The molecule has 0 aliphatic carbocycles. The van der Waals surface area contributed by atoms with E-state index in [1.165, 1.54) is 0 Å². The Labute approximate surface area is 102 Å². The predicted octanol–water partition coefficient (Wildman–Crippen LogP) is -0.171. The second-order valence-electron chi connectivity index (χ2n) is 3.90. The van der Waals surface area contributed by atoms with Crippen LogP contribution in [-0.4, -0.2) is 35.0 Å². The zero-order valence-corrected chi connectivity index (χ0v) is 9.46. The first kappa shape index (κ1) is 12.2. The molecule has 1 aliphatic rings. The number of amides is 1. The summed E-state index contributed by atoms with van der Waals surface area (Å²) in [6.45, 7) is 1.47. The Morgan fingerprint density at radius 2 is 2.44 bits per heavy atom. The van der Waals surface area contributed by atoms with Crippen molar-refractivity contribution in [2.45, 2.75) is 12.5 Å². The van der Waals surface area contributed by atoms with Gasteiger partial charge in [-0.3, -0.25) is 14.9 Å². The van der Waals surface area contributed by atoms with Crippen LogP contribution in [0.2, 0.25) is 0 Å². The van der Waals surface area contributed by atoms with E-state index >= 15 is 0 Å². The lowest BCUT2D eigenvalue weighted by Crippen LogP contribution is -2.22. The molecule has 96 valence electrons. The Morgan fingerprint density at radius 3 is 3.00 bits per heavy atom. The standard InChI is InChI=1S/C10H12N4O4/c11-9(15)8-3-6(14(16)17)4-13-10(8)18-7-1-2-12-5-7/h3-4,7,12H,1-2,5H2,(H2,11,15). The summed E-state index contributed by atoms with van der Waals surface area (Å²) in [5.74, 6) is -0.756. The second-order valence-corrected chi connectivity index (χ2v) is 3.90. The highest BCUT2D eigenvalue weighted by atomic mass is 16.6. The first-order chi connectivity index (χ1) is 8.58. The van der Waals surface area contributed by atoms with Crippen LogP contribution < -0.4 is 15.8 Å². The molecule has 1 aromatic heterocycles. The molecule has 1 amide bonds. The molecule has 0 aromatic carbocycles. The van der Waals surface area contributed by atoms with Crippen molar-refractivity contribution in [2.24, 2.45) is 5.73 Å². The molecule has 8 heteroatoms. The summed E-state index contributed by atoms with van der Waals surface area (Å²) in [5, 5.41) is 13.7. The van der Waals surface area contributed by atoms with E-state index in [9.17, 15) is 14.9 Å². The molecule has 1 aromatic rings. The summed E-state index contributed by atoms with van der Waals surface area (Å²) in [5.41, 5.74) is 4.80. The number of nitrogens with zero attached hydrogens (tertiary/aromatic N) is 2. The Morgan fingerprint density at radius 1 is 1.67 bits per heavy atom. The third-order valence-corrected chi connectivity index (χ3v) is 2.61. The van der Waals surface area contributed by atoms with E-state index < -0.39 is 10.8 Å². The van der Waals surface area contributed by atoms with E-state index in [2.05, 4.69) is 10.3 Å². The minimum Gasteiger partial charge on any atom is -0.472 e. The summed E-state index contributed by atoms with van der Waals surface area (Å²) in [6.07, 6.45) is 1.73. The van der Waals surface area contributed by atoms with E-state index in [1.54, 1.807) is 0 Å². The van der Waals surface area contributed by atoms with Gasteiger partial charge in [-0.15, -0.1) is 0 Å². The van der Waals surface area contributed by atoms with Gasteiger partial charge in [-0.2, -0.15) is 0 Å². The molecule has 1 atom stereocenters. The van der Waals surface area contributed by atoms with Crippen molar-refractivity contribution in [3.63, 3.8) is 0 Å². The summed E-state index contributed by atoms with van der Waals surface area (Å²) in [4.78, 5) is 25.0. The predicted molar refractivity (Wildman–Crippen MR) is 61.3 cm³/mol. The summed E-state index contributed by atoms with van der Waals surface area (Å²) < 4.78 is 5.51. The van der Waals surface area contributed by atoms with Crippen LogP contribution in [0.25, 0.3) is 0 Å². The fraction of sp³-hybridized carbons (Fsp3) is 0.400. The monoisotopic (exact) mass is 252 g/mol. The SMILES string of the molecule is NC(=O)c1cc([N+](=O)[O-])cnc1OC1CCNC1. The van der Waals surface area contributed by atoms with Gasteiger partial charge in [0.15, 0.2) is 0 Å². The minimum absolute atomic E-state index is 0.0433. The van der Waals surface area contributed by atoms with Gasteiger partial charge in [0.05, 0.1) is 4.92 Å². The third kappa shape index (κ3) is 2.54. The van der Waals surface area contributed by atoms with Gasteiger partial charge in [0, 0.05) is 12.6 Å².